The number of nitrogens with zero attached hydrogens (tertiary/aromatic N) is 1. The molecule has 1 aromatic rings. The van der Waals surface area contributed by atoms with Gasteiger partial charge >= 0.3 is 0 Å². The fourth-order valence-corrected chi connectivity index (χ4v) is 2.00. The van der Waals surface area contributed by atoms with E-state index in [4.69, 9.17) is 0 Å². The van der Waals surface area contributed by atoms with Crippen molar-refractivity contribution < 1.29 is 9.72 Å². The zero-order valence-corrected chi connectivity index (χ0v) is 10.6. The molecule has 0 spiro atoms. The van der Waals surface area contributed by atoms with Gasteiger partial charge in [-0.2, -0.15) is 0 Å². The number of nitrogens with one attached hydrogen (secondary N) is 1. The Morgan fingerprint density at radius 3 is 2.76 bits per heavy atom. The molecule has 1 N–H and O–H groups in total. The zero-order valence-electron chi connectivity index (χ0n) is 8.98. The summed E-state index contributed by atoms with van der Waals surface area (Å²) in [6.45, 7) is 0.683. The number of halogens is 1. The molecule has 17 heavy (non-hydrogen) atoms. The molecule has 0 saturated heterocycles. The molecule has 0 aromatic heterocycles. The van der Waals surface area contributed by atoms with Crippen LogP contribution in [-0.2, 0) is 0 Å². The van der Waals surface area contributed by atoms with Crippen LogP contribution in [0.1, 0.15) is 23.2 Å². The summed E-state index contributed by atoms with van der Waals surface area (Å²) in [6.07, 6.45) is 2.34. The second kappa shape index (κ2) is 4.83. The highest BCUT2D eigenvalue weighted by Crippen LogP contribution is 2.28. The van der Waals surface area contributed by atoms with Crippen LogP contribution in [0.2, 0.25) is 0 Å². The van der Waals surface area contributed by atoms with Gasteiger partial charge in [-0.1, -0.05) is 0 Å². The number of nitro groups is 1. The number of nitro benzene ring substituents is 1. The number of benzene rings is 1. The maximum atomic E-state index is 11.8. The molecular formula is C11H11BrN2O3. The van der Waals surface area contributed by atoms with Crippen LogP contribution >= 0.6 is 15.9 Å². The van der Waals surface area contributed by atoms with Crippen molar-refractivity contribution in [3.8, 4) is 0 Å². The summed E-state index contributed by atoms with van der Waals surface area (Å²) in [5.74, 6) is 0.412. The third-order valence-electron chi connectivity index (χ3n) is 2.66. The molecule has 5 nitrogen and oxygen atoms in total. The van der Waals surface area contributed by atoms with Crippen LogP contribution in [0.15, 0.2) is 22.7 Å². The van der Waals surface area contributed by atoms with Gasteiger partial charge < -0.3 is 5.32 Å². The van der Waals surface area contributed by atoms with Crippen LogP contribution in [0, 0.1) is 16.0 Å². The number of hydrogen-bond donors (Lipinski definition) is 1. The van der Waals surface area contributed by atoms with Gasteiger partial charge in [0, 0.05) is 23.2 Å². The molecule has 6 heteroatoms. The van der Waals surface area contributed by atoms with Crippen molar-refractivity contribution in [2.75, 3.05) is 6.54 Å². The molecule has 1 aliphatic rings. The van der Waals surface area contributed by atoms with Crippen molar-refractivity contribution in [2.24, 2.45) is 5.92 Å². The molecule has 0 atom stereocenters. The Balaban J connectivity index is 2.08. The molecule has 1 saturated carbocycles. The summed E-state index contributed by atoms with van der Waals surface area (Å²) in [5.41, 5.74) is 0.395. The monoisotopic (exact) mass is 298 g/mol. The fourth-order valence-electron chi connectivity index (χ4n) is 1.46. The van der Waals surface area contributed by atoms with Gasteiger partial charge in [0.1, 0.15) is 0 Å². The summed E-state index contributed by atoms with van der Waals surface area (Å²) in [4.78, 5) is 21.8. The van der Waals surface area contributed by atoms with Crippen LogP contribution in [0.3, 0.4) is 0 Å². The van der Waals surface area contributed by atoms with Crippen LogP contribution in [0.4, 0.5) is 5.69 Å². The van der Waals surface area contributed by atoms with Crippen molar-refractivity contribution in [3.63, 3.8) is 0 Å². The van der Waals surface area contributed by atoms with Gasteiger partial charge in [0.15, 0.2) is 0 Å². The van der Waals surface area contributed by atoms with Gasteiger partial charge in [-0.05, 0) is 40.8 Å². The summed E-state index contributed by atoms with van der Waals surface area (Å²) in [5, 5.41) is 13.4. The van der Waals surface area contributed by atoms with E-state index in [1.807, 2.05) is 0 Å². The Labute approximate surface area is 106 Å². The van der Waals surface area contributed by atoms with E-state index in [1.54, 1.807) is 0 Å². The summed E-state index contributed by atoms with van der Waals surface area (Å²) in [6, 6.07) is 4.13. The normalized spacial score (nSPS) is 14.4. The van der Waals surface area contributed by atoms with E-state index in [1.165, 1.54) is 31.0 Å². The molecule has 1 aliphatic carbocycles. The number of carbonyl (C=O) groups is 1. The lowest BCUT2D eigenvalue weighted by molar-refractivity contribution is -0.384. The highest BCUT2D eigenvalue weighted by molar-refractivity contribution is 9.10. The van der Waals surface area contributed by atoms with Crippen molar-refractivity contribution >= 4 is 27.5 Å². The first-order chi connectivity index (χ1) is 8.08. The number of hydrogen-bond acceptors (Lipinski definition) is 3. The number of rotatable bonds is 4. The van der Waals surface area contributed by atoms with E-state index >= 15 is 0 Å². The smallest absolute Gasteiger partial charge is 0.270 e. The Bertz CT molecular complexity index is 472. The molecule has 1 fully saturated rings. The SMILES string of the molecule is O=C(NCC1CC1)c1ccc([N+](=O)[O-])cc1Br. The third-order valence-corrected chi connectivity index (χ3v) is 3.31. The summed E-state index contributed by atoms with van der Waals surface area (Å²) in [7, 11) is 0. The van der Waals surface area contributed by atoms with Crippen molar-refractivity contribution in [3.05, 3.63) is 38.3 Å². The van der Waals surface area contributed by atoms with Crippen LogP contribution in [0.25, 0.3) is 0 Å². The molecule has 0 unspecified atom stereocenters. The zero-order chi connectivity index (χ0) is 12.4. The lowest BCUT2D eigenvalue weighted by atomic mass is 10.2. The Morgan fingerprint density at radius 2 is 2.24 bits per heavy atom. The maximum Gasteiger partial charge on any atom is 0.270 e. The topological polar surface area (TPSA) is 72.2 Å². The molecule has 0 aliphatic heterocycles. The van der Waals surface area contributed by atoms with Gasteiger partial charge in [-0.3, -0.25) is 14.9 Å². The minimum Gasteiger partial charge on any atom is -0.352 e. The number of amides is 1. The second-order valence-electron chi connectivity index (χ2n) is 4.07. The average Bonchev–Trinajstić information content (AvgIpc) is 3.09. The Morgan fingerprint density at radius 1 is 1.53 bits per heavy atom. The number of carbonyl (C=O) groups excluding carboxylic acids is 1. The van der Waals surface area contributed by atoms with E-state index in [0.717, 1.165) is 0 Å². The lowest BCUT2D eigenvalue weighted by Crippen LogP contribution is -2.25. The van der Waals surface area contributed by atoms with Crippen LogP contribution in [0.5, 0.6) is 0 Å². The van der Waals surface area contributed by atoms with Gasteiger partial charge in [0.2, 0.25) is 0 Å². The molecule has 1 aromatic carbocycles. The predicted octanol–water partition coefficient (Wildman–Crippen LogP) is 2.50. The minimum absolute atomic E-state index is 0.0318. The van der Waals surface area contributed by atoms with Crippen molar-refractivity contribution in [1.82, 2.24) is 5.32 Å². The van der Waals surface area contributed by atoms with Crippen LogP contribution < -0.4 is 5.32 Å². The van der Waals surface area contributed by atoms with E-state index in [-0.39, 0.29) is 11.6 Å². The predicted molar refractivity (Wildman–Crippen MR) is 65.9 cm³/mol. The summed E-state index contributed by atoms with van der Waals surface area (Å²) >= 11 is 3.17. The van der Waals surface area contributed by atoms with Crippen LogP contribution in [-0.4, -0.2) is 17.4 Å². The van der Waals surface area contributed by atoms with Gasteiger partial charge in [-0.15, -0.1) is 0 Å². The molecule has 0 radical (unpaired) electrons. The second-order valence-corrected chi connectivity index (χ2v) is 4.93. The molecular weight excluding hydrogens is 288 g/mol. The minimum atomic E-state index is -0.489. The molecule has 90 valence electrons. The highest BCUT2D eigenvalue weighted by atomic mass is 79.9. The molecule has 2 rings (SSSR count). The largest absolute Gasteiger partial charge is 0.352 e. The Hall–Kier alpha value is -1.43. The first kappa shape index (κ1) is 12.0. The van der Waals surface area contributed by atoms with Gasteiger partial charge in [-0.25, -0.2) is 0 Å². The highest BCUT2D eigenvalue weighted by Gasteiger charge is 2.22. The quantitative estimate of drug-likeness (QED) is 0.686. The first-order valence-corrected chi connectivity index (χ1v) is 6.09. The lowest BCUT2D eigenvalue weighted by Gasteiger charge is -2.05. The van der Waals surface area contributed by atoms with Crippen molar-refractivity contribution in [1.29, 1.82) is 0 Å². The maximum absolute atomic E-state index is 11.8. The van der Waals surface area contributed by atoms with E-state index in [2.05, 4.69) is 21.2 Å². The standard InChI is InChI=1S/C11H11BrN2O3/c12-10-5-8(14(16)17)3-4-9(10)11(15)13-6-7-1-2-7/h3-5,7H,1-2,6H2,(H,13,15). The summed E-state index contributed by atoms with van der Waals surface area (Å²) < 4.78 is 0.444. The van der Waals surface area contributed by atoms with E-state index in [0.29, 0.717) is 22.5 Å². The average molecular weight is 299 g/mol. The first-order valence-electron chi connectivity index (χ1n) is 5.30. The molecule has 1 amide bonds. The third kappa shape index (κ3) is 3.03. The Kier molecular flexibility index (Phi) is 3.42. The fraction of sp³-hybridized carbons (Fsp3) is 0.364. The van der Waals surface area contributed by atoms with Crippen molar-refractivity contribution in [2.45, 2.75) is 12.8 Å². The molecule has 0 bridgehead atoms. The van der Waals surface area contributed by atoms with E-state index < -0.39 is 4.92 Å². The van der Waals surface area contributed by atoms with Gasteiger partial charge in [0.05, 0.1) is 10.5 Å². The van der Waals surface area contributed by atoms with E-state index in [9.17, 15) is 14.9 Å². The van der Waals surface area contributed by atoms with Gasteiger partial charge in [0.25, 0.3) is 11.6 Å². The molecule has 0 heterocycles. The number of non-ortho nitro benzene ring substituents is 1.